The van der Waals surface area contributed by atoms with Gasteiger partial charge in [0.05, 0.1) is 0 Å². The van der Waals surface area contributed by atoms with Crippen LogP contribution in [0.25, 0.3) is 0 Å². The van der Waals surface area contributed by atoms with Crippen LogP contribution in [0.5, 0.6) is 0 Å². The quantitative estimate of drug-likeness (QED) is 0.0710. The zero-order chi connectivity index (χ0) is 33.0. The van der Waals surface area contributed by atoms with Crippen LogP contribution in [0.15, 0.2) is 11.6 Å². The summed E-state index contributed by atoms with van der Waals surface area (Å²) < 4.78 is 6.13. The average Bonchev–Trinajstić information content (AvgIpc) is 3.38. The molecule has 0 N–H and O–H groups in total. The van der Waals surface area contributed by atoms with Crippen molar-refractivity contribution >= 4 is 5.97 Å². The molecule has 2 nitrogen and oxygen atoms in total. The largest absolute Gasteiger partial charge is 0.462 e. The first-order chi connectivity index (χ1) is 22.2. The van der Waals surface area contributed by atoms with Crippen LogP contribution < -0.4 is 0 Å². The van der Waals surface area contributed by atoms with Gasteiger partial charge in [0.15, 0.2) is 0 Å². The summed E-state index contributed by atoms with van der Waals surface area (Å²) in [6.07, 6.45) is 36.9. The second-order valence-electron chi connectivity index (χ2n) is 18.0. The van der Waals surface area contributed by atoms with Gasteiger partial charge in [-0.05, 0) is 97.7 Å². The number of hydrogen-bond donors (Lipinski definition) is 0. The van der Waals surface area contributed by atoms with E-state index in [2.05, 4.69) is 47.6 Å². The molecular weight excluding hydrogens is 560 g/mol. The Morgan fingerprint density at radius 3 is 2.02 bits per heavy atom. The Morgan fingerprint density at radius 2 is 1.39 bits per heavy atom. The van der Waals surface area contributed by atoms with Crippen molar-refractivity contribution in [3.05, 3.63) is 11.6 Å². The molecule has 0 unspecified atom stereocenters. The molecule has 4 rings (SSSR count). The summed E-state index contributed by atoms with van der Waals surface area (Å²) in [6.45, 7) is 15.0. The lowest BCUT2D eigenvalue weighted by atomic mass is 9.47. The van der Waals surface area contributed by atoms with Gasteiger partial charge in [0.1, 0.15) is 6.10 Å². The fourth-order valence-electron chi connectivity index (χ4n) is 11.5. The number of ether oxygens (including phenoxy) is 1. The van der Waals surface area contributed by atoms with Crippen LogP contribution in [0, 0.1) is 46.3 Å². The lowest BCUT2D eigenvalue weighted by molar-refractivity contribution is -0.151. The van der Waals surface area contributed by atoms with E-state index in [-0.39, 0.29) is 12.1 Å². The van der Waals surface area contributed by atoms with Gasteiger partial charge in [-0.1, -0.05) is 156 Å². The zero-order valence-electron chi connectivity index (χ0n) is 31.8. The smallest absolute Gasteiger partial charge is 0.306 e. The third kappa shape index (κ3) is 10.1. The average molecular weight is 639 g/mol. The topological polar surface area (TPSA) is 26.3 Å². The van der Waals surface area contributed by atoms with Gasteiger partial charge in [-0.15, -0.1) is 0 Å². The molecule has 0 bridgehead atoms. The molecule has 0 aromatic heterocycles. The highest BCUT2D eigenvalue weighted by atomic mass is 16.5. The maximum absolute atomic E-state index is 12.8. The summed E-state index contributed by atoms with van der Waals surface area (Å²) >= 11 is 0. The monoisotopic (exact) mass is 639 g/mol. The second kappa shape index (κ2) is 18.8. The second-order valence-corrected chi connectivity index (χ2v) is 18.0. The van der Waals surface area contributed by atoms with Crippen LogP contribution in [0.1, 0.15) is 208 Å². The molecule has 46 heavy (non-hydrogen) atoms. The summed E-state index contributed by atoms with van der Waals surface area (Å²) in [5.41, 5.74) is 2.54. The molecular formula is C44H78O2. The van der Waals surface area contributed by atoms with Gasteiger partial charge >= 0.3 is 5.97 Å². The molecule has 2 heteroatoms. The van der Waals surface area contributed by atoms with E-state index in [0.29, 0.717) is 17.3 Å². The Labute approximate surface area is 287 Å². The SMILES string of the molecule is CCCCCCCCCCCCCCCCC(=O)O[C@H]1CC[C@@]2(C)C(=CC[C@@H]3[C@H]2CC[C@]2(C)[C@@H]([C@H](C)CCCC(C)C)CC[C@@H]32)C1. The van der Waals surface area contributed by atoms with Crippen LogP contribution in [0.3, 0.4) is 0 Å². The molecule has 3 saturated carbocycles. The number of hydrogen-bond acceptors (Lipinski definition) is 2. The zero-order valence-corrected chi connectivity index (χ0v) is 31.8. The van der Waals surface area contributed by atoms with Crippen molar-refractivity contribution in [2.45, 2.75) is 215 Å². The summed E-state index contributed by atoms with van der Waals surface area (Å²) in [4.78, 5) is 12.8. The summed E-state index contributed by atoms with van der Waals surface area (Å²) in [5, 5.41) is 0. The molecule has 0 radical (unpaired) electrons. The molecule has 4 aliphatic carbocycles. The van der Waals surface area contributed by atoms with Crippen molar-refractivity contribution in [3.63, 3.8) is 0 Å². The summed E-state index contributed by atoms with van der Waals surface area (Å²) in [7, 11) is 0. The number of carbonyl (C=O) groups excluding carboxylic acids is 1. The van der Waals surface area contributed by atoms with Crippen molar-refractivity contribution in [1.82, 2.24) is 0 Å². The van der Waals surface area contributed by atoms with Gasteiger partial charge in [0, 0.05) is 12.8 Å². The van der Waals surface area contributed by atoms with E-state index >= 15 is 0 Å². The molecule has 0 spiro atoms. The Bertz CT molecular complexity index is 919. The molecule has 0 aliphatic heterocycles. The fraction of sp³-hybridized carbons (Fsp3) is 0.932. The maximum Gasteiger partial charge on any atom is 0.306 e. The van der Waals surface area contributed by atoms with Crippen molar-refractivity contribution < 1.29 is 9.53 Å². The van der Waals surface area contributed by atoms with Gasteiger partial charge in [-0.3, -0.25) is 4.79 Å². The van der Waals surface area contributed by atoms with Gasteiger partial charge in [-0.2, -0.15) is 0 Å². The number of carbonyl (C=O) groups is 1. The highest BCUT2D eigenvalue weighted by Crippen LogP contribution is 2.67. The summed E-state index contributed by atoms with van der Waals surface area (Å²) in [5.74, 6) is 5.34. The molecule has 0 aromatic carbocycles. The van der Waals surface area contributed by atoms with Gasteiger partial charge in [0.2, 0.25) is 0 Å². The number of allylic oxidation sites excluding steroid dienone is 1. The Hall–Kier alpha value is -0.790. The van der Waals surface area contributed by atoms with Crippen molar-refractivity contribution in [3.8, 4) is 0 Å². The van der Waals surface area contributed by atoms with Gasteiger partial charge < -0.3 is 4.74 Å². The van der Waals surface area contributed by atoms with Crippen LogP contribution in [0.2, 0.25) is 0 Å². The lowest BCUT2D eigenvalue weighted by Crippen LogP contribution is -2.51. The van der Waals surface area contributed by atoms with E-state index in [0.717, 1.165) is 54.8 Å². The third-order valence-corrected chi connectivity index (χ3v) is 14.3. The first kappa shape index (κ1) is 38.0. The van der Waals surface area contributed by atoms with Crippen LogP contribution >= 0.6 is 0 Å². The van der Waals surface area contributed by atoms with E-state index in [1.54, 1.807) is 5.57 Å². The van der Waals surface area contributed by atoms with Crippen LogP contribution in [-0.2, 0) is 9.53 Å². The standard InChI is InChI=1S/C44H78O2/c1-7-8-9-10-11-12-13-14-15-16-17-18-19-20-24-42(45)46-37-29-31-43(5)36(33-37)25-26-38-40-28-27-39(35(4)23-21-22-34(2)3)44(40,6)32-30-41(38)43/h25,34-35,37-41H,7-24,26-33H2,1-6H3/t35-,37+,38+,39-,40+,41-,43+,44-/m1/s1. The minimum Gasteiger partial charge on any atom is -0.462 e. The van der Waals surface area contributed by atoms with E-state index < -0.39 is 0 Å². The highest BCUT2D eigenvalue weighted by Gasteiger charge is 2.59. The number of fused-ring (bicyclic) bond motifs is 5. The van der Waals surface area contributed by atoms with Crippen molar-refractivity contribution in [1.29, 1.82) is 0 Å². The first-order valence-electron chi connectivity index (χ1n) is 21.1. The number of rotatable bonds is 21. The molecule has 3 fully saturated rings. The van der Waals surface area contributed by atoms with Gasteiger partial charge in [0.25, 0.3) is 0 Å². The van der Waals surface area contributed by atoms with Crippen LogP contribution in [-0.4, -0.2) is 12.1 Å². The van der Waals surface area contributed by atoms with E-state index in [1.807, 2.05) is 0 Å². The van der Waals surface area contributed by atoms with E-state index in [9.17, 15) is 4.79 Å². The molecule has 266 valence electrons. The maximum atomic E-state index is 12.8. The fourth-order valence-corrected chi connectivity index (χ4v) is 11.5. The minimum atomic E-state index is 0.0646. The summed E-state index contributed by atoms with van der Waals surface area (Å²) in [6, 6.07) is 0. The van der Waals surface area contributed by atoms with Gasteiger partial charge in [-0.25, -0.2) is 0 Å². The molecule has 0 saturated heterocycles. The normalized spacial score (nSPS) is 32.8. The van der Waals surface area contributed by atoms with Crippen molar-refractivity contribution in [2.75, 3.05) is 0 Å². The molecule has 0 heterocycles. The first-order valence-corrected chi connectivity index (χ1v) is 21.1. The van der Waals surface area contributed by atoms with E-state index in [4.69, 9.17) is 4.74 Å². The number of esters is 1. The molecule has 0 amide bonds. The third-order valence-electron chi connectivity index (χ3n) is 14.3. The van der Waals surface area contributed by atoms with E-state index in [1.165, 1.54) is 141 Å². The molecule has 4 aliphatic rings. The Kier molecular flexibility index (Phi) is 15.6. The Morgan fingerprint density at radius 1 is 0.761 bits per heavy atom. The Balaban J connectivity index is 1.12. The van der Waals surface area contributed by atoms with Crippen molar-refractivity contribution in [2.24, 2.45) is 46.3 Å². The number of unbranched alkanes of at least 4 members (excludes halogenated alkanes) is 13. The van der Waals surface area contributed by atoms with Crippen LogP contribution in [0.4, 0.5) is 0 Å². The highest BCUT2D eigenvalue weighted by molar-refractivity contribution is 5.69. The predicted molar refractivity (Wildman–Crippen MR) is 198 cm³/mol. The molecule has 8 atom stereocenters. The predicted octanol–water partition coefficient (Wildman–Crippen LogP) is 13.8. The lowest BCUT2D eigenvalue weighted by Gasteiger charge is -2.58. The molecule has 0 aromatic rings. The minimum absolute atomic E-state index is 0.0646.